The number of imidazole rings is 1. The number of benzene rings is 2. The molecule has 190 valence electrons. The van der Waals surface area contributed by atoms with Crippen LogP contribution < -0.4 is 15.7 Å². The van der Waals surface area contributed by atoms with Crippen LogP contribution in [-0.2, 0) is 11.2 Å². The van der Waals surface area contributed by atoms with Gasteiger partial charge in [0.2, 0.25) is 5.91 Å². The highest BCUT2D eigenvalue weighted by molar-refractivity contribution is 5.92. The minimum absolute atomic E-state index is 0.0602. The molecule has 0 saturated carbocycles. The van der Waals surface area contributed by atoms with Gasteiger partial charge in [0.05, 0.1) is 30.6 Å². The van der Waals surface area contributed by atoms with Crippen LogP contribution in [0, 0.1) is 12.8 Å². The Morgan fingerprint density at radius 1 is 1.14 bits per heavy atom. The minimum Gasteiger partial charge on any atom is -0.497 e. The molecular weight excluding hydrogens is 470 g/mol. The third kappa shape index (κ3) is 4.74. The standard InChI is InChI=1S/C29H29N3O5/c1-5-16(2)26(28-30-21-8-6-7-9-22(21)31-28)32-24(33)15-20-25-23(14-17(3)36-29(25)34)37-27(20)18-10-12-19(35-4)13-11-18/h6-14,16,26H,5,15H2,1-4H3,(H,30,31)(H,32,33). The number of nitrogens with one attached hydrogen (secondary N) is 2. The van der Waals surface area contributed by atoms with Crippen LogP contribution in [0.1, 0.15) is 43.5 Å². The Balaban J connectivity index is 1.52. The van der Waals surface area contributed by atoms with Gasteiger partial charge in [-0.1, -0.05) is 32.4 Å². The Morgan fingerprint density at radius 2 is 1.89 bits per heavy atom. The molecule has 5 aromatic rings. The van der Waals surface area contributed by atoms with E-state index in [0.717, 1.165) is 23.0 Å². The van der Waals surface area contributed by atoms with Gasteiger partial charge >= 0.3 is 5.63 Å². The second kappa shape index (κ2) is 9.97. The molecular formula is C29H29N3O5. The molecule has 0 radical (unpaired) electrons. The molecule has 5 rings (SSSR count). The van der Waals surface area contributed by atoms with Crippen molar-refractivity contribution in [3.05, 3.63) is 82.2 Å². The average Bonchev–Trinajstić information content (AvgIpc) is 3.48. The highest BCUT2D eigenvalue weighted by atomic mass is 16.5. The molecule has 8 heteroatoms. The Morgan fingerprint density at radius 3 is 2.59 bits per heavy atom. The maximum Gasteiger partial charge on any atom is 0.347 e. The summed E-state index contributed by atoms with van der Waals surface area (Å²) in [5.41, 5.74) is 2.83. The van der Waals surface area contributed by atoms with Crippen molar-refractivity contribution in [2.24, 2.45) is 5.92 Å². The summed E-state index contributed by atoms with van der Waals surface area (Å²) in [4.78, 5) is 34.4. The van der Waals surface area contributed by atoms with Crippen LogP contribution in [-0.4, -0.2) is 23.0 Å². The lowest BCUT2D eigenvalue weighted by Crippen LogP contribution is -2.34. The summed E-state index contributed by atoms with van der Waals surface area (Å²) in [5.74, 6) is 2.16. The third-order valence-electron chi connectivity index (χ3n) is 6.75. The van der Waals surface area contributed by atoms with E-state index < -0.39 is 5.63 Å². The van der Waals surface area contributed by atoms with Crippen molar-refractivity contribution < 1.29 is 18.4 Å². The van der Waals surface area contributed by atoms with Gasteiger partial charge < -0.3 is 23.9 Å². The number of rotatable bonds is 8. The van der Waals surface area contributed by atoms with Crippen molar-refractivity contribution in [3.8, 4) is 17.1 Å². The van der Waals surface area contributed by atoms with Gasteiger partial charge in [-0.05, 0) is 49.2 Å². The Kier molecular flexibility index (Phi) is 6.56. The minimum atomic E-state index is -0.530. The topological polar surface area (TPSA) is 110 Å². The lowest BCUT2D eigenvalue weighted by Gasteiger charge is -2.22. The number of carbonyl (C=O) groups excluding carboxylic acids is 1. The van der Waals surface area contributed by atoms with E-state index in [2.05, 4.69) is 24.1 Å². The summed E-state index contributed by atoms with van der Waals surface area (Å²) in [7, 11) is 1.59. The molecule has 0 fully saturated rings. The number of furan rings is 1. The first-order valence-corrected chi connectivity index (χ1v) is 12.3. The first-order valence-electron chi connectivity index (χ1n) is 12.3. The Hall–Kier alpha value is -4.33. The first kappa shape index (κ1) is 24.4. The van der Waals surface area contributed by atoms with Crippen LogP contribution in [0.25, 0.3) is 33.3 Å². The van der Waals surface area contributed by atoms with E-state index in [1.807, 2.05) is 36.4 Å². The SMILES string of the molecule is CCC(C)C(NC(=O)Cc1c(-c2ccc(OC)cc2)oc2cc(C)oc(=O)c12)c1nc2ccccc2[nH]1. The fraction of sp³-hybridized carbons (Fsp3) is 0.276. The van der Waals surface area contributed by atoms with Gasteiger partial charge in [-0.25, -0.2) is 9.78 Å². The summed E-state index contributed by atoms with van der Waals surface area (Å²) in [6.07, 6.45) is 0.784. The number of aromatic amines is 1. The van der Waals surface area contributed by atoms with Crippen molar-refractivity contribution in [2.75, 3.05) is 7.11 Å². The second-order valence-corrected chi connectivity index (χ2v) is 9.27. The van der Waals surface area contributed by atoms with E-state index in [1.54, 1.807) is 32.2 Å². The van der Waals surface area contributed by atoms with Crippen molar-refractivity contribution in [1.29, 1.82) is 0 Å². The molecule has 2 N–H and O–H groups in total. The Bertz CT molecular complexity index is 1590. The number of fused-ring (bicyclic) bond motifs is 2. The van der Waals surface area contributed by atoms with Gasteiger partial charge in [0.1, 0.15) is 34.1 Å². The number of ether oxygens (including phenoxy) is 1. The summed E-state index contributed by atoms with van der Waals surface area (Å²) in [6.45, 7) is 5.84. The Labute approximate surface area is 213 Å². The number of H-pyrrole nitrogens is 1. The smallest absolute Gasteiger partial charge is 0.347 e. The second-order valence-electron chi connectivity index (χ2n) is 9.27. The van der Waals surface area contributed by atoms with Crippen molar-refractivity contribution in [2.45, 2.75) is 39.7 Å². The van der Waals surface area contributed by atoms with E-state index >= 15 is 0 Å². The molecule has 0 bridgehead atoms. The number of amides is 1. The molecule has 2 aromatic carbocycles. The lowest BCUT2D eigenvalue weighted by atomic mass is 9.97. The van der Waals surface area contributed by atoms with E-state index in [-0.39, 0.29) is 29.7 Å². The number of aryl methyl sites for hydroxylation is 1. The van der Waals surface area contributed by atoms with Crippen LogP contribution in [0.5, 0.6) is 5.75 Å². The van der Waals surface area contributed by atoms with Crippen LogP contribution >= 0.6 is 0 Å². The van der Waals surface area contributed by atoms with E-state index in [9.17, 15) is 9.59 Å². The van der Waals surface area contributed by atoms with Crippen LogP contribution in [0.4, 0.5) is 0 Å². The van der Waals surface area contributed by atoms with E-state index in [1.165, 1.54) is 0 Å². The van der Waals surface area contributed by atoms with Crippen LogP contribution in [0.15, 0.2) is 68.2 Å². The van der Waals surface area contributed by atoms with Gasteiger partial charge in [0.15, 0.2) is 0 Å². The molecule has 37 heavy (non-hydrogen) atoms. The van der Waals surface area contributed by atoms with Crippen molar-refractivity contribution in [1.82, 2.24) is 15.3 Å². The fourth-order valence-electron chi connectivity index (χ4n) is 4.59. The largest absolute Gasteiger partial charge is 0.497 e. The molecule has 0 spiro atoms. The lowest BCUT2D eigenvalue weighted by molar-refractivity contribution is -0.121. The zero-order chi connectivity index (χ0) is 26.1. The zero-order valence-electron chi connectivity index (χ0n) is 21.3. The van der Waals surface area contributed by atoms with Gasteiger partial charge in [-0.2, -0.15) is 0 Å². The first-order chi connectivity index (χ1) is 17.9. The van der Waals surface area contributed by atoms with E-state index in [0.29, 0.717) is 34.2 Å². The van der Waals surface area contributed by atoms with Gasteiger partial charge in [0, 0.05) is 17.2 Å². The van der Waals surface area contributed by atoms with E-state index in [4.69, 9.17) is 18.6 Å². The van der Waals surface area contributed by atoms with Crippen LogP contribution in [0.2, 0.25) is 0 Å². The molecule has 0 aliphatic heterocycles. The maximum absolute atomic E-state index is 13.5. The predicted octanol–water partition coefficient (Wildman–Crippen LogP) is 5.69. The molecule has 2 unspecified atom stereocenters. The van der Waals surface area contributed by atoms with Crippen molar-refractivity contribution in [3.63, 3.8) is 0 Å². The number of para-hydroxylation sites is 2. The molecule has 0 aliphatic carbocycles. The number of carbonyl (C=O) groups is 1. The molecule has 1 amide bonds. The number of methoxy groups -OCH3 is 1. The fourth-order valence-corrected chi connectivity index (χ4v) is 4.59. The summed E-state index contributed by atoms with van der Waals surface area (Å²) in [5, 5.41) is 3.42. The maximum atomic E-state index is 13.5. The molecule has 8 nitrogen and oxygen atoms in total. The molecule has 3 heterocycles. The summed E-state index contributed by atoms with van der Waals surface area (Å²) < 4.78 is 16.7. The number of hydrogen-bond donors (Lipinski definition) is 2. The highest BCUT2D eigenvalue weighted by Crippen LogP contribution is 2.34. The highest BCUT2D eigenvalue weighted by Gasteiger charge is 2.27. The number of nitrogens with zero attached hydrogens (tertiary/aromatic N) is 1. The summed E-state index contributed by atoms with van der Waals surface area (Å²) >= 11 is 0. The number of aromatic nitrogens is 2. The van der Waals surface area contributed by atoms with Gasteiger partial charge in [0.25, 0.3) is 0 Å². The normalized spacial score (nSPS) is 13.1. The monoisotopic (exact) mass is 499 g/mol. The molecule has 0 saturated heterocycles. The predicted molar refractivity (Wildman–Crippen MR) is 142 cm³/mol. The number of hydrogen-bond acceptors (Lipinski definition) is 6. The van der Waals surface area contributed by atoms with Gasteiger partial charge in [-0.15, -0.1) is 0 Å². The molecule has 3 aromatic heterocycles. The van der Waals surface area contributed by atoms with Crippen LogP contribution in [0.3, 0.4) is 0 Å². The average molecular weight is 500 g/mol. The van der Waals surface area contributed by atoms with Crippen molar-refractivity contribution >= 4 is 27.9 Å². The molecule has 2 atom stereocenters. The van der Waals surface area contributed by atoms with Gasteiger partial charge in [-0.3, -0.25) is 4.79 Å². The third-order valence-corrected chi connectivity index (χ3v) is 6.75. The summed E-state index contributed by atoms with van der Waals surface area (Å²) in [6, 6.07) is 16.4. The zero-order valence-corrected chi connectivity index (χ0v) is 21.3. The quantitative estimate of drug-likeness (QED) is 0.284. The molecule has 0 aliphatic rings.